The van der Waals surface area contributed by atoms with E-state index in [0.717, 1.165) is 16.9 Å². The van der Waals surface area contributed by atoms with Crippen molar-refractivity contribution >= 4 is 29.5 Å². The largest absolute Gasteiger partial charge is 0.497 e. The number of ether oxygens (including phenoxy) is 1. The van der Waals surface area contributed by atoms with Gasteiger partial charge in [0.25, 0.3) is 5.91 Å². The molecule has 5 nitrogen and oxygen atoms in total. The zero-order chi connectivity index (χ0) is 17.4. The second kappa shape index (κ2) is 8.74. The van der Waals surface area contributed by atoms with Crippen molar-refractivity contribution in [3.05, 3.63) is 70.8 Å². The maximum absolute atomic E-state index is 11.8. The van der Waals surface area contributed by atoms with Crippen LogP contribution in [0.4, 0.5) is 0 Å². The topological polar surface area (TPSA) is 67.4 Å². The first-order chi connectivity index (χ1) is 11.6. The Hall–Kier alpha value is -2.79. The molecule has 2 N–H and O–H groups in total. The van der Waals surface area contributed by atoms with Gasteiger partial charge in [-0.2, -0.15) is 0 Å². The Morgan fingerprint density at radius 2 is 1.79 bits per heavy atom. The van der Waals surface area contributed by atoms with Crippen molar-refractivity contribution < 1.29 is 14.3 Å². The Morgan fingerprint density at radius 1 is 1.08 bits per heavy atom. The third-order valence-electron chi connectivity index (χ3n) is 3.17. The van der Waals surface area contributed by atoms with Gasteiger partial charge in [0.1, 0.15) is 5.75 Å². The Bertz CT molecular complexity index is 742. The summed E-state index contributed by atoms with van der Waals surface area (Å²) in [5.41, 5.74) is 6.21. The molecule has 2 aromatic rings. The van der Waals surface area contributed by atoms with E-state index in [4.69, 9.17) is 16.3 Å². The van der Waals surface area contributed by atoms with Crippen molar-refractivity contribution in [3.63, 3.8) is 0 Å². The van der Waals surface area contributed by atoms with Crippen LogP contribution in [0.2, 0.25) is 5.02 Å². The standard InChI is InChI=1S/C18H17ClN2O3/c1-24-15-9-6-13(7-10-15)12-18(23)21-20-17(22)11-8-14-4-2-3-5-16(14)19/h2-11H,12H2,1H3,(H,20,22)(H,21,23)/b11-8+. The Labute approximate surface area is 145 Å². The van der Waals surface area contributed by atoms with Gasteiger partial charge in [-0.25, -0.2) is 0 Å². The van der Waals surface area contributed by atoms with Gasteiger partial charge in [0.05, 0.1) is 13.5 Å². The van der Waals surface area contributed by atoms with Gasteiger partial charge in [0.15, 0.2) is 0 Å². The lowest BCUT2D eigenvalue weighted by molar-refractivity contribution is -0.126. The molecule has 2 aromatic carbocycles. The fourth-order valence-electron chi connectivity index (χ4n) is 1.92. The predicted molar refractivity (Wildman–Crippen MR) is 93.5 cm³/mol. The molecule has 0 aliphatic heterocycles. The molecule has 0 atom stereocenters. The highest BCUT2D eigenvalue weighted by Gasteiger charge is 2.04. The third-order valence-corrected chi connectivity index (χ3v) is 3.51. The van der Waals surface area contributed by atoms with Crippen LogP contribution in [0, 0.1) is 0 Å². The van der Waals surface area contributed by atoms with Gasteiger partial charge in [0, 0.05) is 11.1 Å². The molecule has 0 heterocycles. The quantitative estimate of drug-likeness (QED) is 0.647. The SMILES string of the molecule is COc1ccc(CC(=O)NNC(=O)/C=C/c2ccccc2Cl)cc1. The van der Waals surface area contributed by atoms with E-state index in [2.05, 4.69) is 10.9 Å². The minimum Gasteiger partial charge on any atom is -0.497 e. The first-order valence-corrected chi connectivity index (χ1v) is 7.60. The van der Waals surface area contributed by atoms with Crippen LogP contribution in [0.15, 0.2) is 54.6 Å². The second-order valence-corrected chi connectivity index (χ2v) is 5.32. The molecule has 0 fully saturated rings. The molecule has 0 saturated heterocycles. The van der Waals surface area contributed by atoms with Gasteiger partial charge in [-0.1, -0.05) is 41.9 Å². The highest BCUT2D eigenvalue weighted by molar-refractivity contribution is 6.32. The molecule has 0 saturated carbocycles. The summed E-state index contributed by atoms with van der Waals surface area (Å²) in [4.78, 5) is 23.5. The van der Waals surface area contributed by atoms with Crippen LogP contribution >= 0.6 is 11.6 Å². The van der Waals surface area contributed by atoms with Crippen molar-refractivity contribution in [1.29, 1.82) is 0 Å². The Kier molecular flexibility index (Phi) is 6.40. The van der Waals surface area contributed by atoms with Crippen LogP contribution in [-0.2, 0) is 16.0 Å². The average molecular weight is 345 g/mol. The van der Waals surface area contributed by atoms with Gasteiger partial charge in [-0.05, 0) is 35.4 Å². The molecular weight excluding hydrogens is 328 g/mol. The number of hydrogen-bond donors (Lipinski definition) is 2. The summed E-state index contributed by atoms with van der Waals surface area (Å²) in [5.74, 6) is -0.0465. The van der Waals surface area contributed by atoms with Crippen molar-refractivity contribution in [2.45, 2.75) is 6.42 Å². The van der Waals surface area contributed by atoms with Crippen LogP contribution in [0.1, 0.15) is 11.1 Å². The fraction of sp³-hybridized carbons (Fsp3) is 0.111. The predicted octanol–water partition coefficient (Wildman–Crippen LogP) is 2.75. The lowest BCUT2D eigenvalue weighted by atomic mass is 10.1. The van der Waals surface area contributed by atoms with E-state index < -0.39 is 5.91 Å². The number of rotatable bonds is 5. The fourth-order valence-corrected chi connectivity index (χ4v) is 2.12. The molecule has 0 bridgehead atoms. The molecule has 0 unspecified atom stereocenters. The summed E-state index contributed by atoms with van der Waals surface area (Å²) in [6.45, 7) is 0. The number of nitrogens with one attached hydrogen (secondary N) is 2. The van der Waals surface area contributed by atoms with Gasteiger partial charge >= 0.3 is 0 Å². The van der Waals surface area contributed by atoms with Crippen LogP contribution in [-0.4, -0.2) is 18.9 Å². The highest BCUT2D eigenvalue weighted by Crippen LogP contribution is 2.16. The number of carbonyl (C=O) groups excluding carboxylic acids is 2. The van der Waals surface area contributed by atoms with E-state index in [9.17, 15) is 9.59 Å². The lowest BCUT2D eigenvalue weighted by Crippen LogP contribution is -2.41. The average Bonchev–Trinajstić information content (AvgIpc) is 2.60. The van der Waals surface area contributed by atoms with Gasteiger partial charge in [0.2, 0.25) is 5.91 Å². The summed E-state index contributed by atoms with van der Waals surface area (Å²) in [5, 5.41) is 0.546. The number of amides is 2. The molecule has 0 aliphatic carbocycles. The van der Waals surface area contributed by atoms with Gasteiger partial charge < -0.3 is 4.74 Å². The van der Waals surface area contributed by atoms with Crippen molar-refractivity contribution in [2.75, 3.05) is 7.11 Å². The van der Waals surface area contributed by atoms with Crippen molar-refractivity contribution in [2.24, 2.45) is 0 Å². The van der Waals surface area contributed by atoms with E-state index in [1.54, 1.807) is 55.7 Å². The first kappa shape index (κ1) is 17.6. The van der Waals surface area contributed by atoms with E-state index in [1.165, 1.54) is 6.08 Å². The molecule has 0 radical (unpaired) electrons. The van der Waals surface area contributed by atoms with Crippen molar-refractivity contribution in [3.8, 4) is 5.75 Å². The molecule has 6 heteroatoms. The van der Waals surface area contributed by atoms with Crippen LogP contribution < -0.4 is 15.6 Å². The number of carbonyl (C=O) groups is 2. The van der Waals surface area contributed by atoms with E-state index in [1.807, 2.05) is 6.07 Å². The molecule has 0 aliphatic rings. The van der Waals surface area contributed by atoms with Crippen LogP contribution in [0.5, 0.6) is 5.75 Å². The molecule has 2 amide bonds. The van der Waals surface area contributed by atoms with Gasteiger partial charge in [-0.3, -0.25) is 20.4 Å². The number of hydrogen-bond acceptors (Lipinski definition) is 3. The zero-order valence-electron chi connectivity index (χ0n) is 13.1. The molecule has 24 heavy (non-hydrogen) atoms. The molecule has 2 rings (SSSR count). The van der Waals surface area contributed by atoms with Crippen LogP contribution in [0.25, 0.3) is 6.08 Å². The lowest BCUT2D eigenvalue weighted by Gasteiger charge is -2.06. The molecular formula is C18H17ClN2O3. The molecule has 124 valence electrons. The smallest absolute Gasteiger partial charge is 0.262 e. The number of benzene rings is 2. The summed E-state index contributed by atoms with van der Waals surface area (Å²) in [6, 6.07) is 14.3. The molecule has 0 spiro atoms. The monoisotopic (exact) mass is 344 g/mol. The summed E-state index contributed by atoms with van der Waals surface area (Å²) in [6.07, 6.45) is 3.03. The Morgan fingerprint density at radius 3 is 2.46 bits per heavy atom. The van der Waals surface area contributed by atoms with Gasteiger partial charge in [-0.15, -0.1) is 0 Å². The van der Waals surface area contributed by atoms with Crippen LogP contribution in [0.3, 0.4) is 0 Å². The van der Waals surface area contributed by atoms with E-state index in [-0.39, 0.29) is 12.3 Å². The van der Waals surface area contributed by atoms with Crippen molar-refractivity contribution in [1.82, 2.24) is 10.9 Å². The first-order valence-electron chi connectivity index (χ1n) is 7.23. The minimum absolute atomic E-state index is 0.151. The minimum atomic E-state index is -0.446. The zero-order valence-corrected chi connectivity index (χ0v) is 13.8. The summed E-state index contributed by atoms with van der Waals surface area (Å²) in [7, 11) is 1.58. The number of halogens is 1. The number of hydrazine groups is 1. The van der Waals surface area contributed by atoms with E-state index in [0.29, 0.717) is 5.02 Å². The number of methoxy groups -OCH3 is 1. The Balaban J connectivity index is 1.80. The highest BCUT2D eigenvalue weighted by atomic mass is 35.5. The summed E-state index contributed by atoms with van der Waals surface area (Å²) < 4.78 is 5.05. The maximum Gasteiger partial charge on any atom is 0.262 e. The second-order valence-electron chi connectivity index (χ2n) is 4.92. The third kappa shape index (κ3) is 5.44. The van der Waals surface area contributed by atoms with E-state index >= 15 is 0 Å². The maximum atomic E-state index is 11.8. The summed E-state index contributed by atoms with van der Waals surface area (Å²) >= 11 is 5.99. The molecule has 0 aromatic heterocycles. The normalized spacial score (nSPS) is 10.4.